The molecule has 0 saturated heterocycles. The highest BCUT2D eigenvalue weighted by Gasteiger charge is 2.48. The second kappa shape index (κ2) is 4.02. The first-order valence-electron chi connectivity index (χ1n) is 6.21. The summed E-state index contributed by atoms with van der Waals surface area (Å²) in [6.07, 6.45) is 3.48. The molecule has 2 nitrogen and oxygen atoms in total. The van der Waals surface area contributed by atoms with Gasteiger partial charge >= 0.3 is 0 Å². The molecule has 1 N–H and O–H groups in total. The molecule has 2 fully saturated rings. The van der Waals surface area contributed by atoms with Gasteiger partial charge < -0.3 is 5.32 Å². The van der Waals surface area contributed by atoms with Crippen LogP contribution in [0.4, 0.5) is 5.69 Å². The Morgan fingerprint density at radius 1 is 1.29 bits per heavy atom. The van der Waals surface area contributed by atoms with Gasteiger partial charge in [0.15, 0.2) is 0 Å². The van der Waals surface area contributed by atoms with E-state index in [2.05, 4.69) is 5.32 Å². The van der Waals surface area contributed by atoms with Crippen molar-refractivity contribution in [1.82, 2.24) is 0 Å². The fourth-order valence-electron chi connectivity index (χ4n) is 2.94. The van der Waals surface area contributed by atoms with E-state index in [1.165, 1.54) is 6.42 Å². The molecule has 0 aliphatic heterocycles. The van der Waals surface area contributed by atoms with Crippen molar-refractivity contribution < 1.29 is 4.79 Å². The summed E-state index contributed by atoms with van der Waals surface area (Å²) < 4.78 is 0. The number of nitrogens with one attached hydrogen (secondary N) is 1. The van der Waals surface area contributed by atoms with Crippen LogP contribution < -0.4 is 5.32 Å². The number of benzene rings is 1. The number of hydrogen-bond donors (Lipinski definition) is 1. The van der Waals surface area contributed by atoms with Crippen molar-refractivity contribution in [1.29, 1.82) is 0 Å². The third-order valence-electron chi connectivity index (χ3n) is 4.08. The van der Waals surface area contributed by atoms with Gasteiger partial charge in [-0.3, -0.25) is 4.79 Å². The molecule has 0 heterocycles. The molecule has 2 aliphatic rings. The first-order valence-corrected chi connectivity index (χ1v) is 6.59. The third-order valence-corrected chi connectivity index (χ3v) is 4.40. The molecule has 2 atom stereocenters. The Morgan fingerprint density at radius 3 is 2.65 bits per heavy atom. The van der Waals surface area contributed by atoms with Crippen LogP contribution in [0.2, 0.25) is 5.02 Å². The highest BCUT2D eigenvalue weighted by Crippen LogP contribution is 2.54. The fraction of sp³-hybridized carbons (Fsp3) is 0.500. The fourth-order valence-corrected chi connectivity index (χ4v) is 3.21. The molecule has 2 saturated carbocycles. The lowest BCUT2D eigenvalue weighted by atomic mass is 10.0. The number of para-hydroxylation sites is 1. The quantitative estimate of drug-likeness (QED) is 0.852. The summed E-state index contributed by atoms with van der Waals surface area (Å²) in [5.41, 5.74) is 1.80. The van der Waals surface area contributed by atoms with Crippen LogP contribution in [0.5, 0.6) is 0 Å². The van der Waals surface area contributed by atoms with Gasteiger partial charge in [0, 0.05) is 5.92 Å². The predicted octanol–water partition coefficient (Wildman–Crippen LogP) is 3.63. The maximum Gasteiger partial charge on any atom is 0.227 e. The molecule has 2 unspecified atom stereocenters. The Kier molecular flexibility index (Phi) is 2.62. The van der Waals surface area contributed by atoms with E-state index in [-0.39, 0.29) is 11.8 Å². The summed E-state index contributed by atoms with van der Waals surface area (Å²) in [5.74, 6) is 2.01. The monoisotopic (exact) mass is 249 g/mol. The van der Waals surface area contributed by atoms with Gasteiger partial charge in [-0.15, -0.1) is 0 Å². The summed E-state index contributed by atoms with van der Waals surface area (Å²) in [4.78, 5) is 12.1. The highest BCUT2D eigenvalue weighted by molar-refractivity contribution is 6.33. The Morgan fingerprint density at radius 2 is 2.00 bits per heavy atom. The maximum absolute atomic E-state index is 12.1. The predicted molar refractivity (Wildman–Crippen MR) is 69.1 cm³/mol. The smallest absolute Gasteiger partial charge is 0.227 e. The number of fused-ring (bicyclic) bond motifs is 1. The molecular weight excluding hydrogens is 234 g/mol. The van der Waals surface area contributed by atoms with Crippen LogP contribution in [0, 0.1) is 24.7 Å². The maximum atomic E-state index is 12.1. The van der Waals surface area contributed by atoms with Gasteiger partial charge in [0.25, 0.3) is 0 Å². The van der Waals surface area contributed by atoms with E-state index in [9.17, 15) is 4.79 Å². The van der Waals surface area contributed by atoms with Gasteiger partial charge in [-0.2, -0.15) is 0 Å². The lowest BCUT2D eigenvalue weighted by Crippen LogP contribution is -2.22. The third kappa shape index (κ3) is 2.06. The van der Waals surface area contributed by atoms with Gasteiger partial charge in [0.05, 0.1) is 10.7 Å². The van der Waals surface area contributed by atoms with Crippen molar-refractivity contribution in [2.45, 2.75) is 26.2 Å². The van der Waals surface area contributed by atoms with Gasteiger partial charge in [0.1, 0.15) is 0 Å². The molecule has 3 rings (SSSR count). The van der Waals surface area contributed by atoms with Crippen molar-refractivity contribution in [2.24, 2.45) is 17.8 Å². The Bertz CT molecular complexity index is 441. The minimum absolute atomic E-state index is 0.147. The van der Waals surface area contributed by atoms with Crippen molar-refractivity contribution in [3.8, 4) is 0 Å². The summed E-state index contributed by atoms with van der Waals surface area (Å²) in [6.45, 7) is 1.97. The average Bonchev–Trinajstić information content (AvgIpc) is 2.91. The molecule has 1 aromatic rings. The van der Waals surface area contributed by atoms with E-state index in [4.69, 9.17) is 11.6 Å². The lowest BCUT2D eigenvalue weighted by Gasteiger charge is -2.15. The number of rotatable bonds is 2. The van der Waals surface area contributed by atoms with Crippen LogP contribution in [0.25, 0.3) is 0 Å². The molecule has 1 aromatic carbocycles. The Labute approximate surface area is 106 Å². The number of aryl methyl sites for hydroxylation is 1. The van der Waals surface area contributed by atoms with E-state index in [1.807, 2.05) is 25.1 Å². The van der Waals surface area contributed by atoms with Crippen molar-refractivity contribution >= 4 is 23.2 Å². The number of carbonyl (C=O) groups is 1. The first-order chi connectivity index (χ1) is 8.15. The minimum Gasteiger partial charge on any atom is -0.324 e. The summed E-state index contributed by atoms with van der Waals surface area (Å²) in [5, 5.41) is 3.62. The average molecular weight is 250 g/mol. The van der Waals surface area contributed by atoms with Gasteiger partial charge in [0.2, 0.25) is 5.91 Å². The highest BCUT2D eigenvalue weighted by atomic mass is 35.5. The molecule has 0 radical (unpaired) electrons. The Balaban J connectivity index is 1.72. The standard InChI is InChI=1S/C14H16ClNO/c1-8-3-2-4-12(15)13(8)16-14(17)11-6-9-5-10(9)7-11/h2-4,9-11H,5-7H2,1H3,(H,16,17). The second-order valence-electron chi connectivity index (χ2n) is 5.35. The van der Waals surface area contributed by atoms with E-state index in [1.54, 1.807) is 0 Å². The van der Waals surface area contributed by atoms with Crippen LogP contribution in [0.1, 0.15) is 24.8 Å². The van der Waals surface area contributed by atoms with Crippen LogP contribution in [-0.2, 0) is 4.79 Å². The largest absolute Gasteiger partial charge is 0.324 e. The molecule has 3 heteroatoms. The van der Waals surface area contributed by atoms with Gasteiger partial charge in [-0.25, -0.2) is 0 Å². The summed E-state index contributed by atoms with van der Waals surface area (Å²) >= 11 is 6.10. The molecule has 0 spiro atoms. The van der Waals surface area contributed by atoms with E-state index in [0.29, 0.717) is 5.02 Å². The SMILES string of the molecule is Cc1cccc(Cl)c1NC(=O)C1CC2CC2C1. The van der Waals surface area contributed by atoms with Crippen molar-refractivity contribution in [3.05, 3.63) is 28.8 Å². The molecule has 90 valence electrons. The molecule has 17 heavy (non-hydrogen) atoms. The second-order valence-corrected chi connectivity index (χ2v) is 5.75. The normalized spacial score (nSPS) is 29.9. The first kappa shape index (κ1) is 11.1. The Hall–Kier alpha value is -1.02. The van der Waals surface area contributed by atoms with Crippen LogP contribution in [0.15, 0.2) is 18.2 Å². The zero-order valence-electron chi connectivity index (χ0n) is 9.87. The molecular formula is C14H16ClNO. The van der Waals surface area contributed by atoms with Gasteiger partial charge in [-0.1, -0.05) is 23.7 Å². The minimum atomic E-state index is 0.147. The van der Waals surface area contributed by atoms with E-state index in [0.717, 1.165) is 35.9 Å². The topological polar surface area (TPSA) is 29.1 Å². The number of amides is 1. The van der Waals surface area contributed by atoms with Gasteiger partial charge in [-0.05, 0) is 49.7 Å². The zero-order valence-corrected chi connectivity index (χ0v) is 10.6. The number of anilines is 1. The lowest BCUT2D eigenvalue weighted by molar-refractivity contribution is -0.120. The van der Waals surface area contributed by atoms with Crippen LogP contribution >= 0.6 is 11.6 Å². The summed E-state index contributed by atoms with van der Waals surface area (Å²) in [6, 6.07) is 5.68. The molecule has 2 aliphatic carbocycles. The molecule has 1 amide bonds. The number of hydrogen-bond acceptors (Lipinski definition) is 1. The molecule has 0 aromatic heterocycles. The van der Waals surface area contributed by atoms with Crippen molar-refractivity contribution in [3.63, 3.8) is 0 Å². The van der Waals surface area contributed by atoms with Crippen LogP contribution in [0.3, 0.4) is 0 Å². The summed E-state index contributed by atoms with van der Waals surface area (Å²) in [7, 11) is 0. The van der Waals surface area contributed by atoms with E-state index >= 15 is 0 Å². The van der Waals surface area contributed by atoms with E-state index < -0.39 is 0 Å². The molecule has 0 bridgehead atoms. The van der Waals surface area contributed by atoms with Crippen molar-refractivity contribution in [2.75, 3.05) is 5.32 Å². The number of halogens is 1. The number of carbonyl (C=O) groups excluding carboxylic acids is 1. The zero-order chi connectivity index (χ0) is 12.0. The van der Waals surface area contributed by atoms with Crippen LogP contribution in [-0.4, -0.2) is 5.91 Å².